The largest absolute Gasteiger partial charge is 0.391 e. The molecule has 1 amide bonds. The molecule has 2 rings (SSSR count). The van der Waals surface area contributed by atoms with Gasteiger partial charge in [0.15, 0.2) is 0 Å². The minimum absolute atomic E-state index is 0.0527. The second-order valence-electron chi connectivity index (χ2n) is 5.01. The van der Waals surface area contributed by atoms with Crippen LogP contribution in [0.3, 0.4) is 0 Å². The summed E-state index contributed by atoms with van der Waals surface area (Å²) in [5, 5.41) is 9.47. The molecule has 1 unspecified atom stereocenters. The third kappa shape index (κ3) is 2.50. The number of hydrogen-bond donors (Lipinski definition) is 1. The maximum Gasteiger partial charge on any atom is 0.225 e. The summed E-state index contributed by atoms with van der Waals surface area (Å²) in [5.41, 5.74) is 4.89. The lowest BCUT2D eigenvalue weighted by Gasteiger charge is -2.19. The van der Waals surface area contributed by atoms with Crippen molar-refractivity contribution in [3.05, 3.63) is 34.4 Å². The summed E-state index contributed by atoms with van der Waals surface area (Å²) >= 11 is 0. The standard InChI is InChI=1S/C14H19NO2/c1-9-4-10(2)13(11(3)5-9)8-15-7-12(16)6-14(15)17/h4-5,12,16H,6-8H2,1-3H3. The number of aliphatic hydroxyl groups excluding tert-OH is 1. The molecule has 0 saturated carbocycles. The van der Waals surface area contributed by atoms with Gasteiger partial charge in [0.05, 0.1) is 12.5 Å². The fourth-order valence-electron chi connectivity index (χ4n) is 2.55. The number of carbonyl (C=O) groups excluding carboxylic acids is 1. The molecule has 0 spiro atoms. The summed E-state index contributed by atoms with van der Waals surface area (Å²) in [7, 11) is 0. The molecule has 1 heterocycles. The average Bonchev–Trinajstić information content (AvgIpc) is 2.51. The third-order valence-electron chi connectivity index (χ3n) is 3.38. The van der Waals surface area contributed by atoms with Crippen molar-refractivity contribution >= 4 is 5.91 Å². The minimum atomic E-state index is -0.492. The van der Waals surface area contributed by atoms with Gasteiger partial charge in [-0.25, -0.2) is 0 Å². The molecular formula is C14H19NO2. The Labute approximate surface area is 102 Å². The highest BCUT2D eigenvalue weighted by Gasteiger charge is 2.28. The Morgan fingerprint density at radius 2 is 1.88 bits per heavy atom. The molecule has 17 heavy (non-hydrogen) atoms. The van der Waals surface area contributed by atoms with Crippen LogP contribution in [0, 0.1) is 20.8 Å². The fraction of sp³-hybridized carbons (Fsp3) is 0.500. The van der Waals surface area contributed by atoms with Crippen LogP contribution >= 0.6 is 0 Å². The van der Waals surface area contributed by atoms with E-state index in [4.69, 9.17) is 0 Å². The van der Waals surface area contributed by atoms with Gasteiger partial charge in [-0.3, -0.25) is 4.79 Å². The van der Waals surface area contributed by atoms with Crippen LogP contribution in [-0.2, 0) is 11.3 Å². The van der Waals surface area contributed by atoms with Gasteiger partial charge in [-0.1, -0.05) is 17.7 Å². The van der Waals surface area contributed by atoms with E-state index >= 15 is 0 Å². The van der Waals surface area contributed by atoms with Gasteiger partial charge in [0, 0.05) is 13.1 Å². The van der Waals surface area contributed by atoms with Crippen molar-refractivity contribution in [2.24, 2.45) is 0 Å². The number of amides is 1. The van der Waals surface area contributed by atoms with Crippen LogP contribution < -0.4 is 0 Å². The molecule has 1 saturated heterocycles. The average molecular weight is 233 g/mol. The van der Waals surface area contributed by atoms with Gasteiger partial charge >= 0.3 is 0 Å². The lowest BCUT2D eigenvalue weighted by Crippen LogP contribution is -2.26. The van der Waals surface area contributed by atoms with Crippen molar-refractivity contribution in [2.75, 3.05) is 6.54 Å². The monoisotopic (exact) mass is 233 g/mol. The van der Waals surface area contributed by atoms with Crippen LogP contribution in [0.5, 0.6) is 0 Å². The van der Waals surface area contributed by atoms with E-state index in [1.54, 1.807) is 4.90 Å². The first kappa shape index (κ1) is 12.1. The lowest BCUT2D eigenvalue weighted by atomic mass is 9.99. The Bertz CT molecular complexity index is 431. The van der Waals surface area contributed by atoms with Gasteiger partial charge in [-0.05, 0) is 37.5 Å². The highest BCUT2D eigenvalue weighted by molar-refractivity contribution is 5.79. The van der Waals surface area contributed by atoms with Crippen molar-refractivity contribution < 1.29 is 9.90 Å². The molecule has 0 aliphatic carbocycles. The highest BCUT2D eigenvalue weighted by Crippen LogP contribution is 2.21. The number of aryl methyl sites for hydroxylation is 3. The molecule has 0 radical (unpaired) electrons. The Kier molecular flexibility index (Phi) is 3.20. The molecule has 92 valence electrons. The SMILES string of the molecule is Cc1cc(C)c(CN2CC(O)CC2=O)c(C)c1. The molecule has 1 aliphatic rings. The third-order valence-corrected chi connectivity index (χ3v) is 3.38. The second kappa shape index (κ2) is 4.49. The molecule has 1 aromatic rings. The molecule has 1 N–H and O–H groups in total. The van der Waals surface area contributed by atoms with Crippen molar-refractivity contribution in [2.45, 2.75) is 39.8 Å². The summed E-state index contributed by atoms with van der Waals surface area (Å²) in [5.74, 6) is 0.0527. The molecule has 0 bridgehead atoms. The number of nitrogens with zero attached hydrogens (tertiary/aromatic N) is 1. The first-order valence-electron chi connectivity index (χ1n) is 6.00. The number of likely N-dealkylation sites (tertiary alicyclic amines) is 1. The van der Waals surface area contributed by atoms with E-state index in [1.807, 2.05) is 0 Å². The summed E-state index contributed by atoms with van der Waals surface area (Å²) in [6.07, 6.45) is -0.224. The second-order valence-corrected chi connectivity index (χ2v) is 5.01. The van der Waals surface area contributed by atoms with Gasteiger partial charge in [-0.2, -0.15) is 0 Å². The van der Waals surface area contributed by atoms with E-state index < -0.39 is 6.10 Å². The maximum absolute atomic E-state index is 11.6. The van der Waals surface area contributed by atoms with Crippen LogP contribution in [0.25, 0.3) is 0 Å². The quantitative estimate of drug-likeness (QED) is 0.844. The lowest BCUT2D eigenvalue weighted by molar-refractivity contribution is -0.128. The summed E-state index contributed by atoms with van der Waals surface area (Å²) in [6.45, 7) is 7.31. The Hall–Kier alpha value is -1.35. The van der Waals surface area contributed by atoms with Crippen molar-refractivity contribution in [1.29, 1.82) is 0 Å². The molecular weight excluding hydrogens is 214 g/mol. The zero-order valence-corrected chi connectivity index (χ0v) is 10.7. The first-order chi connectivity index (χ1) is 7.97. The van der Waals surface area contributed by atoms with E-state index in [0.29, 0.717) is 13.1 Å². The number of rotatable bonds is 2. The zero-order valence-electron chi connectivity index (χ0n) is 10.7. The van der Waals surface area contributed by atoms with Crippen molar-refractivity contribution in [1.82, 2.24) is 4.90 Å². The highest BCUT2D eigenvalue weighted by atomic mass is 16.3. The van der Waals surface area contributed by atoms with Crippen molar-refractivity contribution in [3.8, 4) is 0 Å². The van der Waals surface area contributed by atoms with E-state index in [9.17, 15) is 9.90 Å². The van der Waals surface area contributed by atoms with Gasteiger partial charge in [-0.15, -0.1) is 0 Å². The Morgan fingerprint density at radius 1 is 1.29 bits per heavy atom. The zero-order chi connectivity index (χ0) is 12.6. The molecule has 3 nitrogen and oxygen atoms in total. The van der Waals surface area contributed by atoms with Crippen LogP contribution in [0.1, 0.15) is 28.7 Å². The van der Waals surface area contributed by atoms with Gasteiger partial charge < -0.3 is 10.0 Å². The van der Waals surface area contributed by atoms with Crippen LogP contribution in [0.4, 0.5) is 0 Å². The van der Waals surface area contributed by atoms with Gasteiger partial charge in [0.1, 0.15) is 0 Å². The van der Waals surface area contributed by atoms with E-state index in [0.717, 1.165) is 0 Å². The molecule has 1 aliphatic heterocycles. The van der Waals surface area contributed by atoms with Crippen molar-refractivity contribution in [3.63, 3.8) is 0 Å². The Balaban J connectivity index is 2.22. The molecule has 1 atom stereocenters. The predicted molar refractivity (Wildman–Crippen MR) is 66.7 cm³/mol. The van der Waals surface area contributed by atoms with Crippen LogP contribution in [-0.4, -0.2) is 28.6 Å². The number of hydrogen-bond acceptors (Lipinski definition) is 2. The molecule has 0 aromatic heterocycles. The minimum Gasteiger partial charge on any atom is -0.391 e. The van der Waals surface area contributed by atoms with Gasteiger partial charge in [0.2, 0.25) is 5.91 Å². The topological polar surface area (TPSA) is 40.5 Å². The normalized spacial score (nSPS) is 20.1. The number of carbonyl (C=O) groups is 1. The molecule has 3 heteroatoms. The van der Waals surface area contributed by atoms with E-state index in [-0.39, 0.29) is 12.3 Å². The summed E-state index contributed by atoms with van der Waals surface area (Å²) < 4.78 is 0. The van der Waals surface area contributed by atoms with E-state index in [2.05, 4.69) is 32.9 Å². The molecule has 1 aromatic carbocycles. The Morgan fingerprint density at radius 3 is 2.35 bits per heavy atom. The van der Waals surface area contributed by atoms with Crippen LogP contribution in [0.2, 0.25) is 0 Å². The van der Waals surface area contributed by atoms with E-state index in [1.165, 1.54) is 22.3 Å². The molecule has 1 fully saturated rings. The maximum atomic E-state index is 11.6. The summed E-state index contributed by atoms with van der Waals surface area (Å²) in [4.78, 5) is 13.4. The smallest absolute Gasteiger partial charge is 0.225 e. The number of β-amino-alcohol motifs (C(OH)–C–C–N with tert-alkyl or cyclic N) is 1. The fourth-order valence-corrected chi connectivity index (χ4v) is 2.55. The summed E-state index contributed by atoms with van der Waals surface area (Å²) in [6, 6.07) is 4.28. The van der Waals surface area contributed by atoms with Crippen LogP contribution in [0.15, 0.2) is 12.1 Å². The predicted octanol–water partition coefficient (Wildman–Crippen LogP) is 1.71. The first-order valence-corrected chi connectivity index (χ1v) is 6.00. The number of benzene rings is 1. The van der Waals surface area contributed by atoms with Gasteiger partial charge in [0.25, 0.3) is 0 Å². The number of aliphatic hydroxyl groups is 1.